The van der Waals surface area contributed by atoms with Crippen LogP contribution in [0.15, 0.2) is 67.0 Å². The van der Waals surface area contributed by atoms with E-state index in [1.54, 1.807) is 6.33 Å². The van der Waals surface area contributed by atoms with Gasteiger partial charge in [0.25, 0.3) is 0 Å². The van der Waals surface area contributed by atoms with Crippen molar-refractivity contribution in [1.29, 1.82) is 0 Å². The number of anilines is 2. The lowest BCUT2D eigenvalue weighted by atomic mass is 10.1. The van der Waals surface area contributed by atoms with Crippen LogP contribution in [0.5, 0.6) is 0 Å². The second kappa shape index (κ2) is 8.92. The van der Waals surface area contributed by atoms with Crippen LogP contribution in [0.25, 0.3) is 11.2 Å². The van der Waals surface area contributed by atoms with Crippen molar-refractivity contribution < 1.29 is 5.11 Å². The molecule has 4 rings (SSSR count). The molecule has 3 N–H and O–H groups in total. The number of aromatic nitrogens is 4. The van der Waals surface area contributed by atoms with Gasteiger partial charge in [0.05, 0.1) is 12.4 Å². The lowest BCUT2D eigenvalue weighted by Crippen LogP contribution is -2.15. The van der Waals surface area contributed by atoms with Gasteiger partial charge in [-0.05, 0) is 25.0 Å². The second-order valence-corrected chi connectivity index (χ2v) is 7.46. The van der Waals surface area contributed by atoms with E-state index >= 15 is 0 Å². The first-order chi connectivity index (χ1) is 14.6. The Hall–Kier alpha value is -3.45. The van der Waals surface area contributed by atoms with E-state index in [1.807, 2.05) is 53.1 Å². The molecule has 30 heavy (non-hydrogen) atoms. The fraction of sp³-hybridized carbons (Fsp3) is 0.261. The topological polar surface area (TPSA) is 87.9 Å². The average molecular weight is 403 g/mol. The van der Waals surface area contributed by atoms with Crippen molar-refractivity contribution >= 4 is 22.9 Å². The Kier molecular flexibility index (Phi) is 5.90. The molecule has 4 aromatic rings. The van der Waals surface area contributed by atoms with E-state index < -0.39 is 6.10 Å². The van der Waals surface area contributed by atoms with Gasteiger partial charge < -0.3 is 20.3 Å². The summed E-state index contributed by atoms with van der Waals surface area (Å²) in [4.78, 5) is 13.8. The van der Waals surface area contributed by atoms with Crippen LogP contribution in [0.3, 0.4) is 0 Å². The average Bonchev–Trinajstić information content (AvgIpc) is 3.21. The molecular weight excluding hydrogens is 376 g/mol. The summed E-state index contributed by atoms with van der Waals surface area (Å²) in [5.74, 6) is 1.12. The van der Waals surface area contributed by atoms with Crippen LogP contribution >= 0.6 is 0 Å². The molecule has 0 fully saturated rings. The number of nitrogens with one attached hydrogen (secondary N) is 2. The maximum absolute atomic E-state index is 10.5. The first-order valence-corrected chi connectivity index (χ1v) is 10.1. The maximum Gasteiger partial charge on any atom is 0.226 e. The van der Waals surface area contributed by atoms with Gasteiger partial charge in [0.1, 0.15) is 0 Å². The highest BCUT2D eigenvalue weighted by molar-refractivity contribution is 5.84. The fourth-order valence-electron chi connectivity index (χ4n) is 3.26. The number of fused-ring (bicyclic) bond motifs is 1. The predicted octanol–water partition coefficient (Wildman–Crippen LogP) is 4.16. The van der Waals surface area contributed by atoms with Crippen molar-refractivity contribution in [2.75, 3.05) is 17.2 Å². The lowest BCUT2D eigenvalue weighted by molar-refractivity contribution is 0.191. The van der Waals surface area contributed by atoms with Gasteiger partial charge in [-0.3, -0.25) is 0 Å². The van der Waals surface area contributed by atoms with E-state index in [9.17, 15) is 5.11 Å². The zero-order valence-corrected chi connectivity index (χ0v) is 17.2. The lowest BCUT2D eigenvalue weighted by Gasteiger charge is -2.14. The molecular formula is C23H26N6O. The third-order valence-electron chi connectivity index (χ3n) is 4.92. The highest BCUT2D eigenvalue weighted by atomic mass is 16.3. The van der Waals surface area contributed by atoms with Gasteiger partial charge in [0.2, 0.25) is 5.95 Å². The molecule has 7 heteroatoms. The summed E-state index contributed by atoms with van der Waals surface area (Å²) in [5, 5.41) is 17.0. The number of hydrogen-bond donors (Lipinski definition) is 3. The Balaban J connectivity index is 1.59. The first kappa shape index (κ1) is 19.8. The Morgan fingerprint density at radius 1 is 0.933 bits per heavy atom. The largest absolute Gasteiger partial charge is 0.387 e. The van der Waals surface area contributed by atoms with Crippen molar-refractivity contribution in [3.8, 4) is 0 Å². The Labute approximate surface area is 175 Å². The number of aliphatic hydroxyl groups is 1. The van der Waals surface area contributed by atoms with Gasteiger partial charge in [-0.2, -0.15) is 9.97 Å². The predicted molar refractivity (Wildman–Crippen MR) is 119 cm³/mol. The minimum atomic E-state index is -0.652. The molecule has 0 amide bonds. The van der Waals surface area contributed by atoms with Crippen molar-refractivity contribution in [3.05, 3.63) is 78.1 Å². The van der Waals surface area contributed by atoms with Crippen LogP contribution < -0.4 is 10.6 Å². The Morgan fingerprint density at radius 2 is 1.63 bits per heavy atom. The summed E-state index contributed by atoms with van der Waals surface area (Å²) in [7, 11) is 0. The number of benzene rings is 2. The van der Waals surface area contributed by atoms with Crippen molar-refractivity contribution in [1.82, 2.24) is 19.5 Å². The smallest absolute Gasteiger partial charge is 0.226 e. The molecule has 2 heterocycles. The molecule has 0 radical (unpaired) electrons. The molecule has 0 saturated carbocycles. The summed E-state index contributed by atoms with van der Waals surface area (Å²) in [6.45, 7) is 5.12. The van der Waals surface area contributed by atoms with Gasteiger partial charge in [0, 0.05) is 19.1 Å². The molecule has 0 spiro atoms. The molecule has 0 aliphatic carbocycles. The molecule has 2 aromatic carbocycles. The van der Waals surface area contributed by atoms with Crippen LogP contribution in [0, 0.1) is 0 Å². The standard InChI is InChI=1S/C23H26N6O/c1-16(2)29-15-26-20-21(24-13-17-9-5-3-6-10-17)27-23(28-22(20)29)25-14-19(30)18-11-7-4-8-12-18/h3-12,15-16,19,30H,13-14H2,1-2H3,(H2,24,25,27,28)/t19-/m1/s1. The highest BCUT2D eigenvalue weighted by Gasteiger charge is 2.16. The van der Waals surface area contributed by atoms with E-state index in [2.05, 4.69) is 51.6 Å². The third-order valence-corrected chi connectivity index (χ3v) is 4.92. The molecule has 0 unspecified atom stereocenters. The second-order valence-electron chi connectivity index (χ2n) is 7.46. The number of imidazole rings is 1. The van der Waals surface area contributed by atoms with Gasteiger partial charge in [-0.15, -0.1) is 0 Å². The number of rotatable bonds is 8. The minimum absolute atomic E-state index is 0.217. The molecule has 0 aliphatic rings. The quantitative estimate of drug-likeness (QED) is 0.410. The fourth-order valence-corrected chi connectivity index (χ4v) is 3.26. The summed E-state index contributed by atoms with van der Waals surface area (Å²) in [6, 6.07) is 19.9. The minimum Gasteiger partial charge on any atom is -0.387 e. The highest BCUT2D eigenvalue weighted by Crippen LogP contribution is 2.24. The van der Waals surface area contributed by atoms with E-state index in [0.29, 0.717) is 24.9 Å². The summed E-state index contributed by atoms with van der Waals surface area (Å²) < 4.78 is 2.02. The number of aliphatic hydroxyl groups excluding tert-OH is 1. The van der Waals surface area contributed by atoms with Crippen molar-refractivity contribution in [2.24, 2.45) is 0 Å². The molecule has 0 bridgehead atoms. The van der Waals surface area contributed by atoms with E-state index in [-0.39, 0.29) is 6.04 Å². The van der Waals surface area contributed by atoms with Crippen LogP contribution in [-0.2, 0) is 6.54 Å². The molecule has 154 valence electrons. The van der Waals surface area contributed by atoms with E-state index in [0.717, 1.165) is 22.3 Å². The Morgan fingerprint density at radius 3 is 2.33 bits per heavy atom. The first-order valence-electron chi connectivity index (χ1n) is 10.1. The molecule has 0 saturated heterocycles. The molecule has 7 nitrogen and oxygen atoms in total. The van der Waals surface area contributed by atoms with E-state index in [4.69, 9.17) is 0 Å². The van der Waals surface area contributed by atoms with E-state index in [1.165, 1.54) is 0 Å². The van der Waals surface area contributed by atoms with Gasteiger partial charge in [-0.1, -0.05) is 60.7 Å². The van der Waals surface area contributed by atoms with Gasteiger partial charge in [0.15, 0.2) is 17.0 Å². The van der Waals surface area contributed by atoms with Gasteiger partial charge in [-0.25, -0.2) is 4.98 Å². The van der Waals surface area contributed by atoms with Crippen LogP contribution in [-0.4, -0.2) is 31.2 Å². The monoisotopic (exact) mass is 402 g/mol. The zero-order chi connectivity index (χ0) is 20.9. The molecule has 2 aromatic heterocycles. The summed E-state index contributed by atoms with van der Waals surface area (Å²) >= 11 is 0. The third kappa shape index (κ3) is 4.41. The van der Waals surface area contributed by atoms with Crippen LogP contribution in [0.2, 0.25) is 0 Å². The van der Waals surface area contributed by atoms with Crippen LogP contribution in [0.1, 0.15) is 37.1 Å². The summed E-state index contributed by atoms with van der Waals surface area (Å²) in [5.41, 5.74) is 3.49. The summed E-state index contributed by atoms with van der Waals surface area (Å²) in [6.07, 6.45) is 1.14. The van der Waals surface area contributed by atoms with Crippen LogP contribution in [0.4, 0.5) is 11.8 Å². The zero-order valence-electron chi connectivity index (χ0n) is 17.2. The SMILES string of the molecule is CC(C)n1cnc2c(NCc3ccccc3)nc(NC[C@@H](O)c3ccccc3)nc21. The normalized spacial score (nSPS) is 12.3. The van der Waals surface area contributed by atoms with Gasteiger partial charge >= 0.3 is 0 Å². The molecule has 1 atom stereocenters. The maximum atomic E-state index is 10.5. The number of hydrogen-bond acceptors (Lipinski definition) is 6. The Bertz CT molecular complexity index is 1090. The number of nitrogens with zero attached hydrogens (tertiary/aromatic N) is 4. The van der Waals surface area contributed by atoms with Crippen molar-refractivity contribution in [2.45, 2.75) is 32.5 Å². The van der Waals surface area contributed by atoms with Crippen molar-refractivity contribution in [3.63, 3.8) is 0 Å². The molecule has 0 aliphatic heterocycles.